The highest BCUT2D eigenvalue weighted by molar-refractivity contribution is 14.0. The van der Waals surface area contributed by atoms with Crippen molar-refractivity contribution in [2.24, 2.45) is 10.4 Å². The van der Waals surface area contributed by atoms with Crippen LogP contribution in [0.5, 0.6) is 0 Å². The molecule has 1 spiro atoms. The number of hydrogen-bond acceptors (Lipinski definition) is 5. The van der Waals surface area contributed by atoms with Gasteiger partial charge >= 0.3 is 0 Å². The van der Waals surface area contributed by atoms with Gasteiger partial charge in [-0.25, -0.2) is 13.1 Å². The Kier molecular flexibility index (Phi) is 8.85. The molecule has 11 heteroatoms. The van der Waals surface area contributed by atoms with Crippen molar-refractivity contribution in [3.8, 4) is 0 Å². The third-order valence-electron chi connectivity index (χ3n) is 5.74. The smallest absolute Gasteiger partial charge is 0.270 e. The molecule has 2 fully saturated rings. The number of nitro groups is 1. The molecule has 1 aromatic rings. The molecule has 0 radical (unpaired) electrons. The van der Waals surface area contributed by atoms with Gasteiger partial charge in [-0.15, -0.1) is 24.0 Å². The summed E-state index contributed by atoms with van der Waals surface area (Å²) < 4.78 is 27.3. The lowest BCUT2D eigenvalue weighted by molar-refractivity contribution is -0.385. The summed E-state index contributed by atoms with van der Waals surface area (Å²) in [6, 6.07) is 5.02. The van der Waals surface area contributed by atoms with E-state index in [4.69, 9.17) is 0 Å². The lowest BCUT2D eigenvalue weighted by Crippen LogP contribution is -2.41. The minimum atomic E-state index is -3.82. The van der Waals surface area contributed by atoms with Crippen molar-refractivity contribution in [1.82, 2.24) is 14.9 Å². The molecule has 1 saturated heterocycles. The van der Waals surface area contributed by atoms with Crippen molar-refractivity contribution in [3.63, 3.8) is 0 Å². The normalized spacial score (nSPS) is 18.4. The Morgan fingerprint density at radius 3 is 2.70 bits per heavy atom. The van der Waals surface area contributed by atoms with Gasteiger partial charge in [0.15, 0.2) is 5.96 Å². The van der Waals surface area contributed by atoms with Crippen LogP contribution in [0.25, 0.3) is 0 Å². The highest BCUT2D eigenvalue weighted by atomic mass is 127. The van der Waals surface area contributed by atoms with Crippen molar-refractivity contribution < 1.29 is 13.3 Å². The van der Waals surface area contributed by atoms with E-state index in [0.29, 0.717) is 12.0 Å². The van der Waals surface area contributed by atoms with Gasteiger partial charge in [0.2, 0.25) is 10.0 Å². The highest BCUT2D eigenvalue weighted by Crippen LogP contribution is 2.45. The predicted octanol–water partition coefficient (Wildman–Crippen LogP) is 2.72. The molecule has 1 aliphatic heterocycles. The average molecular weight is 551 g/mol. The standard InChI is InChI=1S/C19H29N5O4S.HI/c1-2-20-18(23-13-10-19(15-23)8-3-4-9-19)21-11-12-22-29(27,28)17-7-5-6-16(14-17)24(25)26;/h5-7,14,22H,2-4,8-13,15H2,1H3,(H,20,21);1H. The summed E-state index contributed by atoms with van der Waals surface area (Å²) >= 11 is 0. The van der Waals surface area contributed by atoms with Crippen LogP contribution >= 0.6 is 24.0 Å². The summed E-state index contributed by atoms with van der Waals surface area (Å²) in [4.78, 5) is 17.0. The summed E-state index contributed by atoms with van der Waals surface area (Å²) in [5, 5.41) is 14.2. The molecule has 1 aliphatic carbocycles. The number of nitro benzene ring substituents is 1. The molecule has 1 aromatic carbocycles. The third-order valence-corrected chi connectivity index (χ3v) is 7.20. The number of guanidine groups is 1. The van der Waals surface area contributed by atoms with Crippen LogP contribution in [0.3, 0.4) is 0 Å². The summed E-state index contributed by atoms with van der Waals surface area (Å²) in [7, 11) is -3.82. The summed E-state index contributed by atoms with van der Waals surface area (Å²) in [5.74, 6) is 0.825. The highest BCUT2D eigenvalue weighted by Gasteiger charge is 2.41. The van der Waals surface area contributed by atoms with Crippen molar-refractivity contribution in [1.29, 1.82) is 0 Å². The number of hydrogen-bond donors (Lipinski definition) is 2. The molecule has 0 unspecified atom stereocenters. The monoisotopic (exact) mass is 551 g/mol. The third kappa shape index (κ3) is 6.03. The molecule has 3 rings (SSSR count). The van der Waals surface area contributed by atoms with E-state index < -0.39 is 14.9 Å². The van der Waals surface area contributed by atoms with Crippen LogP contribution in [-0.4, -0.2) is 56.9 Å². The second-order valence-electron chi connectivity index (χ2n) is 7.77. The van der Waals surface area contributed by atoms with Crippen LogP contribution in [0.1, 0.15) is 39.0 Å². The Morgan fingerprint density at radius 2 is 2.03 bits per heavy atom. The van der Waals surface area contributed by atoms with E-state index in [1.807, 2.05) is 6.92 Å². The number of nitrogens with one attached hydrogen (secondary N) is 2. The van der Waals surface area contributed by atoms with E-state index >= 15 is 0 Å². The van der Waals surface area contributed by atoms with Crippen LogP contribution in [0.2, 0.25) is 0 Å². The lowest BCUT2D eigenvalue weighted by atomic mass is 9.86. The molecule has 2 aliphatic rings. The summed E-state index contributed by atoms with van der Waals surface area (Å²) in [5.41, 5.74) is 0.176. The second-order valence-corrected chi connectivity index (χ2v) is 9.53. The van der Waals surface area contributed by atoms with Gasteiger partial charge in [-0.3, -0.25) is 15.1 Å². The van der Waals surface area contributed by atoms with Crippen LogP contribution in [0.4, 0.5) is 5.69 Å². The van der Waals surface area contributed by atoms with Gasteiger partial charge in [0.1, 0.15) is 0 Å². The fourth-order valence-corrected chi connectivity index (χ4v) is 5.32. The maximum Gasteiger partial charge on any atom is 0.270 e. The van der Waals surface area contributed by atoms with Crippen molar-refractivity contribution in [3.05, 3.63) is 34.4 Å². The Hall–Kier alpha value is -1.47. The molecule has 0 bridgehead atoms. The molecule has 30 heavy (non-hydrogen) atoms. The van der Waals surface area contributed by atoms with Gasteiger partial charge in [-0.2, -0.15) is 0 Å². The van der Waals surface area contributed by atoms with Crippen molar-refractivity contribution >= 4 is 45.6 Å². The Balaban J connectivity index is 0.00000320. The van der Waals surface area contributed by atoms with E-state index in [9.17, 15) is 18.5 Å². The van der Waals surface area contributed by atoms with Crippen LogP contribution < -0.4 is 10.0 Å². The van der Waals surface area contributed by atoms with Crippen molar-refractivity contribution in [2.45, 2.75) is 43.9 Å². The van der Waals surface area contributed by atoms with Crippen LogP contribution in [0.15, 0.2) is 34.2 Å². The maximum atomic E-state index is 12.4. The summed E-state index contributed by atoms with van der Waals surface area (Å²) in [6.45, 7) is 5.17. The Labute approximate surface area is 194 Å². The minimum Gasteiger partial charge on any atom is -0.357 e. The number of non-ortho nitro benzene ring substituents is 1. The van der Waals surface area contributed by atoms with Crippen LogP contribution in [0, 0.1) is 15.5 Å². The zero-order valence-electron chi connectivity index (χ0n) is 17.2. The van der Waals surface area contributed by atoms with E-state index in [1.54, 1.807) is 0 Å². The van der Waals surface area contributed by atoms with Gasteiger partial charge < -0.3 is 10.2 Å². The van der Waals surface area contributed by atoms with Gasteiger partial charge in [0, 0.05) is 38.3 Å². The Bertz CT molecular complexity index is 871. The number of nitrogens with zero attached hydrogens (tertiary/aromatic N) is 3. The molecular weight excluding hydrogens is 521 g/mol. The van der Waals surface area contributed by atoms with E-state index in [1.165, 1.54) is 50.3 Å². The van der Waals surface area contributed by atoms with E-state index in [2.05, 4.69) is 19.9 Å². The quantitative estimate of drug-likeness (QED) is 0.135. The average Bonchev–Trinajstić information content (AvgIpc) is 3.34. The van der Waals surface area contributed by atoms with Crippen molar-refractivity contribution in [2.75, 3.05) is 32.7 Å². The van der Waals surface area contributed by atoms with Gasteiger partial charge in [-0.1, -0.05) is 18.9 Å². The van der Waals surface area contributed by atoms with Gasteiger partial charge in [0.05, 0.1) is 16.4 Å². The molecule has 168 valence electrons. The zero-order valence-corrected chi connectivity index (χ0v) is 20.3. The molecule has 0 aromatic heterocycles. The van der Waals surface area contributed by atoms with Gasteiger partial charge in [-0.05, 0) is 37.7 Å². The molecule has 0 atom stereocenters. The van der Waals surface area contributed by atoms with Gasteiger partial charge in [0.25, 0.3) is 5.69 Å². The first kappa shape index (κ1) is 24.8. The number of rotatable bonds is 7. The minimum absolute atomic E-state index is 0. The molecular formula is C19H30IN5O4S. The molecule has 1 heterocycles. The topological polar surface area (TPSA) is 117 Å². The maximum absolute atomic E-state index is 12.4. The largest absolute Gasteiger partial charge is 0.357 e. The number of likely N-dealkylation sites (tertiary alicyclic amines) is 1. The first-order valence-electron chi connectivity index (χ1n) is 10.1. The second kappa shape index (κ2) is 10.7. The number of halogens is 1. The lowest BCUT2D eigenvalue weighted by Gasteiger charge is -2.26. The first-order chi connectivity index (χ1) is 13.9. The van der Waals surface area contributed by atoms with E-state index in [-0.39, 0.29) is 41.1 Å². The zero-order chi connectivity index (χ0) is 20.9. The summed E-state index contributed by atoms with van der Waals surface area (Å²) in [6.07, 6.45) is 6.37. The van der Waals surface area contributed by atoms with E-state index in [0.717, 1.165) is 31.7 Å². The SMILES string of the molecule is CCNC(=NCCNS(=O)(=O)c1cccc([N+](=O)[O-])c1)N1CCC2(CCCC2)C1.I. The molecule has 1 saturated carbocycles. The fraction of sp³-hybridized carbons (Fsp3) is 0.632. The van der Waals surface area contributed by atoms with Crippen LogP contribution in [-0.2, 0) is 10.0 Å². The fourth-order valence-electron chi connectivity index (χ4n) is 4.26. The number of benzene rings is 1. The molecule has 2 N–H and O–H groups in total. The number of sulfonamides is 1. The molecule has 0 amide bonds. The molecule has 9 nitrogen and oxygen atoms in total. The number of aliphatic imine (C=N–C) groups is 1. The Morgan fingerprint density at radius 1 is 1.30 bits per heavy atom. The first-order valence-corrected chi connectivity index (χ1v) is 11.6. The predicted molar refractivity (Wildman–Crippen MR) is 127 cm³/mol.